The van der Waals surface area contributed by atoms with Crippen LogP contribution in [0.3, 0.4) is 0 Å². The van der Waals surface area contributed by atoms with Gasteiger partial charge in [0.1, 0.15) is 0 Å². The van der Waals surface area contributed by atoms with Crippen molar-refractivity contribution < 1.29 is 0 Å². The molecule has 1 fully saturated rings. The number of benzene rings is 1. The van der Waals surface area contributed by atoms with Gasteiger partial charge in [0.25, 0.3) is 0 Å². The Hall–Kier alpha value is -1.29. The smallest absolute Gasteiger partial charge is 0.222 e. The zero-order valence-corrected chi connectivity index (χ0v) is 10.5. The van der Waals surface area contributed by atoms with Gasteiger partial charge in [0, 0.05) is 5.69 Å². The summed E-state index contributed by atoms with van der Waals surface area (Å²) < 4.78 is 0. The maximum absolute atomic E-state index is 5.34. The van der Waals surface area contributed by atoms with Crippen molar-refractivity contribution in [2.75, 3.05) is 4.90 Å². The van der Waals surface area contributed by atoms with E-state index in [4.69, 9.17) is 12.2 Å². The summed E-state index contributed by atoms with van der Waals surface area (Å²) in [4.78, 5) is 2.14. The Labute approximate surface area is 107 Å². The molecule has 3 rings (SSSR count). The normalized spacial score (nSPS) is 22.4. The van der Waals surface area contributed by atoms with Crippen LogP contribution in [-0.4, -0.2) is 10.8 Å². The van der Waals surface area contributed by atoms with Crippen molar-refractivity contribution in [3.8, 4) is 0 Å². The topological polar surface area (TPSA) is 28.0 Å². The fraction of sp³-hybridized carbons (Fsp3) is 0.462. The minimum absolute atomic E-state index is 0.184. The molecule has 0 N–H and O–H groups in total. The van der Waals surface area contributed by atoms with E-state index < -0.39 is 0 Å². The molecule has 1 saturated carbocycles. The van der Waals surface area contributed by atoms with Crippen LogP contribution in [0.1, 0.15) is 32.1 Å². The van der Waals surface area contributed by atoms with Crippen LogP contribution in [0.4, 0.5) is 5.69 Å². The van der Waals surface area contributed by atoms with Gasteiger partial charge in [-0.15, -0.1) is 5.11 Å². The highest BCUT2D eigenvalue weighted by Gasteiger charge is 2.44. The van der Waals surface area contributed by atoms with E-state index in [1.807, 2.05) is 18.2 Å². The number of para-hydroxylation sites is 1. The summed E-state index contributed by atoms with van der Waals surface area (Å²) in [5.41, 5.74) is 0.931. The number of hydrogen-bond acceptors (Lipinski definition) is 2. The first-order chi connectivity index (χ1) is 8.32. The van der Waals surface area contributed by atoms with Crippen LogP contribution in [0.15, 0.2) is 40.6 Å². The lowest BCUT2D eigenvalue weighted by Gasteiger charge is -2.38. The summed E-state index contributed by atoms with van der Waals surface area (Å²) >= 11 is 5.34. The maximum Gasteiger partial charge on any atom is 0.222 e. The number of rotatable bonds is 1. The largest absolute Gasteiger partial charge is 0.288 e. The Morgan fingerprint density at radius 3 is 2.47 bits per heavy atom. The molecule has 17 heavy (non-hydrogen) atoms. The molecule has 3 nitrogen and oxygen atoms in total. The molecule has 1 aliphatic heterocycles. The van der Waals surface area contributed by atoms with Gasteiger partial charge in [0.15, 0.2) is 5.66 Å². The number of thiocarbonyl (C=S) groups is 1. The molecular formula is C13H15N3S. The van der Waals surface area contributed by atoms with Crippen LogP contribution in [0.2, 0.25) is 0 Å². The van der Waals surface area contributed by atoms with Crippen molar-refractivity contribution in [2.24, 2.45) is 10.2 Å². The third-order valence-corrected chi connectivity index (χ3v) is 3.86. The van der Waals surface area contributed by atoms with Crippen molar-refractivity contribution in [3.63, 3.8) is 0 Å². The maximum atomic E-state index is 5.34. The highest BCUT2D eigenvalue weighted by Crippen LogP contribution is 2.41. The highest BCUT2D eigenvalue weighted by atomic mass is 32.1. The predicted molar refractivity (Wildman–Crippen MR) is 72.2 cm³/mol. The van der Waals surface area contributed by atoms with E-state index in [9.17, 15) is 0 Å². The van der Waals surface area contributed by atoms with E-state index in [1.165, 1.54) is 19.3 Å². The second-order valence-electron chi connectivity index (χ2n) is 4.70. The Kier molecular flexibility index (Phi) is 2.67. The highest BCUT2D eigenvalue weighted by molar-refractivity contribution is 7.80. The molecule has 0 aromatic heterocycles. The second-order valence-corrected chi connectivity index (χ2v) is 5.06. The van der Waals surface area contributed by atoms with E-state index in [1.54, 1.807) is 0 Å². The van der Waals surface area contributed by atoms with Crippen LogP contribution in [0.5, 0.6) is 0 Å². The molecular weight excluding hydrogens is 230 g/mol. The molecule has 0 unspecified atom stereocenters. The lowest BCUT2D eigenvalue weighted by molar-refractivity contribution is 0.311. The Bertz CT molecular complexity index is 449. The van der Waals surface area contributed by atoms with Crippen LogP contribution < -0.4 is 4.90 Å². The van der Waals surface area contributed by atoms with Gasteiger partial charge in [-0.25, -0.2) is 0 Å². The fourth-order valence-electron chi connectivity index (χ4n) is 2.77. The standard InChI is InChI=1S/C13H15N3S/c17-12-14-15-13(9-5-2-6-10-13)16(12)11-7-3-1-4-8-11/h1,3-4,7-8H,2,5-6,9-10H2. The quantitative estimate of drug-likeness (QED) is 0.702. The summed E-state index contributed by atoms with van der Waals surface area (Å²) in [7, 11) is 0. The molecule has 1 aromatic rings. The van der Waals surface area contributed by atoms with Gasteiger partial charge in [0.2, 0.25) is 5.11 Å². The summed E-state index contributed by atoms with van der Waals surface area (Å²) in [5, 5.41) is 9.24. The summed E-state index contributed by atoms with van der Waals surface area (Å²) in [6.45, 7) is 0. The first kappa shape index (κ1) is 10.8. The number of hydrogen-bond donors (Lipinski definition) is 0. The molecule has 1 heterocycles. The predicted octanol–water partition coefficient (Wildman–Crippen LogP) is 3.90. The van der Waals surface area contributed by atoms with Crippen molar-refractivity contribution in [2.45, 2.75) is 37.8 Å². The Morgan fingerprint density at radius 1 is 1.06 bits per heavy atom. The lowest BCUT2D eigenvalue weighted by atomic mass is 9.88. The van der Waals surface area contributed by atoms with E-state index in [0.717, 1.165) is 18.5 Å². The third-order valence-electron chi connectivity index (χ3n) is 3.60. The van der Waals surface area contributed by atoms with Gasteiger partial charge in [0.05, 0.1) is 0 Å². The Balaban J connectivity index is 1.99. The number of azo groups is 1. The van der Waals surface area contributed by atoms with Gasteiger partial charge in [-0.1, -0.05) is 24.6 Å². The van der Waals surface area contributed by atoms with Crippen molar-refractivity contribution in [1.29, 1.82) is 0 Å². The summed E-state index contributed by atoms with van der Waals surface area (Å²) in [5.74, 6) is 0. The zero-order valence-electron chi connectivity index (χ0n) is 9.67. The van der Waals surface area contributed by atoms with Gasteiger partial charge in [-0.05, 0) is 50.0 Å². The molecule has 1 spiro atoms. The van der Waals surface area contributed by atoms with E-state index >= 15 is 0 Å². The first-order valence-electron chi connectivity index (χ1n) is 6.14. The van der Waals surface area contributed by atoms with E-state index in [0.29, 0.717) is 5.11 Å². The minimum Gasteiger partial charge on any atom is -0.288 e. The lowest BCUT2D eigenvalue weighted by Crippen LogP contribution is -2.47. The SMILES string of the molecule is S=C1N=NC2(CCCCC2)N1c1ccccc1. The molecule has 0 radical (unpaired) electrons. The van der Waals surface area contributed by atoms with Crippen molar-refractivity contribution >= 4 is 23.0 Å². The van der Waals surface area contributed by atoms with Gasteiger partial charge in [-0.3, -0.25) is 4.90 Å². The second kappa shape index (κ2) is 4.18. The third kappa shape index (κ3) is 1.76. The molecule has 0 saturated heterocycles. The molecule has 2 aliphatic rings. The molecule has 1 aromatic carbocycles. The number of nitrogens with zero attached hydrogens (tertiary/aromatic N) is 3. The zero-order chi connectivity index (χ0) is 11.7. The minimum atomic E-state index is -0.184. The van der Waals surface area contributed by atoms with Gasteiger partial charge < -0.3 is 0 Å². The fourth-order valence-corrected chi connectivity index (χ4v) is 3.09. The van der Waals surface area contributed by atoms with Crippen LogP contribution in [-0.2, 0) is 0 Å². The summed E-state index contributed by atoms with van der Waals surface area (Å²) in [6.07, 6.45) is 5.85. The Morgan fingerprint density at radius 2 is 1.76 bits per heavy atom. The van der Waals surface area contributed by atoms with Crippen LogP contribution in [0, 0.1) is 0 Å². The van der Waals surface area contributed by atoms with Gasteiger partial charge in [-0.2, -0.15) is 5.11 Å². The number of anilines is 1. The van der Waals surface area contributed by atoms with Crippen LogP contribution >= 0.6 is 12.2 Å². The van der Waals surface area contributed by atoms with E-state index in [-0.39, 0.29) is 5.66 Å². The molecule has 0 bridgehead atoms. The average Bonchev–Trinajstić information content (AvgIpc) is 2.68. The molecule has 4 heteroatoms. The summed E-state index contributed by atoms with van der Waals surface area (Å²) in [6, 6.07) is 10.3. The average molecular weight is 245 g/mol. The van der Waals surface area contributed by atoms with Crippen molar-refractivity contribution in [1.82, 2.24) is 0 Å². The molecule has 0 atom stereocenters. The van der Waals surface area contributed by atoms with E-state index in [2.05, 4.69) is 27.3 Å². The first-order valence-corrected chi connectivity index (χ1v) is 6.55. The monoisotopic (exact) mass is 245 g/mol. The van der Waals surface area contributed by atoms with Gasteiger partial charge >= 0.3 is 0 Å². The molecule has 0 amide bonds. The molecule has 88 valence electrons. The van der Waals surface area contributed by atoms with Crippen LogP contribution in [0.25, 0.3) is 0 Å². The molecule has 1 aliphatic carbocycles. The van der Waals surface area contributed by atoms with Crippen molar-refractivity contribution in [3.05, 3.63) is 30.3 Å².